The Bertz CT molecular complexity index is 400. The van der Waals surface area contributed by atoms with Crippen LogP contribution in [0.15, 0.2) is 24.3 Å². The van der Waals surface area contributed by atoms with Gasteiger partial charge in [0.05, 0.1) is 6.04 Å². The Balaban J connectivity index is 2.67. The van der Waals surface area contributed by atoms with Gasteiger partial charge in [-0.05, 0) is 48.5 Å². The first kappa shape index (κ1) is 17.0. The van der Waals surface area contributed by atoms with Crippen molar-refractivity contribution in [3.8, 4) is 0 Å². The fourth-order valence-electron chi connectivity index (χ4n) is 2.16. The third kappa shape index (κ3) is 5.12. The Morgan fingerprint density at radius 3 is 2.15 bits per heavy atom. The van der Waals surface area contributed by atoms with E-state index in [2.05, 4.69) is 62.6 Å². The van der Waals surface area contributed by atoms with Crippen molar-refractivity contribution in [1.82, 2.24) is 10.6 Å². The fraction of sp³-hybridized carbons (Fsp3) is 0.588. The molecule has 1 aromatic carbocycles. The summed E-state index contributed by atoms with van der Waals surface area (Å²) in [6, 6.07) is 9.24. The number of hydrogen-bond donors (Lipinski definition) is 2. The quantitative estimate of drug-likeness (QED) is 0.722. The molecule has 0 saturated heterocycles. The summed E-state index contributed by atoms with van der Waals surface area (Å²) in [7, 11) is 0. The number of rotatable bonds is 7. The standard InChI is InChI=1S/C17H28N2S/c1-5-12-18-17(20)19-16(7-3)15-10-8-14(9-11-15)13(4)6-2/h8-11,13,16H,5-7,12H2,1-4H3,(H2,18,19,20). The van der Waals surface area contributed by atoms with Crippen molar-refractivity contribution in [2.75, 3.05) is 6.54 Å². The van der Waals surface area contributed by atoms with Gasteiger partial charge in [-0.1, -0.05) is 52.0 Å². The zero-order chi connectivity index (χ0) is 15.0. The van der Waals surface area contributed by atoms with Gasteiger partial charge in [-0.2, -0.15) is 0 Å². The third-order valence-corrected chi connectivity index (χ3v) is 4.03. The second kappa shape index (κ2) is 8.96. The van der Waals surface area contributed by atoms with E-state index in [1.165, 1.54) is 17.5 Å². The van der Waals surface area contributed by atoms with Gasteiger partial charge in [-0.25, -0.2) is 0 Å². The molecule has 2 unspecified atom stereocenters. The van der Waals surface area contributed by atoms with Gasteiger partial charge in [0, 0.05) is 6.54 Å². The van der Waals surface area contributed by atoms with Crippen LogP contribution in [0.2, 0.25) is 0 Å². The Hall–Kier alpha value is -1.09. The highest BCUT2D eigenvalue weighted by molar-refractivity contribution is 7.80. The van der Waals surface area contributed by atoms with Crippen LogP contribution in [0.25, 0.3) is 0 Å². The highest BCUT2D eigenvalue weighted by Crippen LogP contribution is 2.22. The van der Waals surface area contributed by atoms with Crippen molar-refractivity contribution in [3.05, 3.63) is 35.4 Å². The monoisotopic (exact) mass is 292 g/mol. The van der Waals surface area contributed by atoms with Gasteiger partial charge in [-0.15, -0.1) is 0 Å². The lowest BCUT2D eigenvalue weighted by molar-refractivity contribution is 0.614. The van der Waals surface area contributed by atoms with E-state index >= 15 is 0 Å². The highest BCUT2D eigenvalue weighted by atomic mass is 32.1. The number of nitrogens with one attached hydrogen (secondary N) is 2. The highest BCUT2D eigenvalue weighted by Gasteiger charge is 2.11. The molecule has 3 heteroatoms. The van der Waals surface area contributed by atoms with E-state index in [4.69, 9.17) is 12.2 Å². The van der Waals surface area contributed by atoms with Crippen LogP contribution in [-0.2, 0) is 0 Å². The lowest BCUT2D eigenvalue weighted by atomic mass is 9.95. The van der Waals surface area contributed by atoms with E-state index < -0.39 is 0 Å². The molecule has 2 nitrogen and oxygen atoms in total. The molecule has 0 aromatic heterocycles. The molecule has 0 aliphatic rings. The topological polar surface area (TPSA) is 24.1 Å². The summed E-state index contributed by atoms with van der Waals surface area (Å²) in [5, 5.41) is 7.38. The van der Waals surface area contributed by atoms with E-state index in [0.29, 0.717) is 5.92 Å². The van der Waals surface area contributed by atoms with Gasteiger partial charge in [0.15, 0.2) is 5.11 Å². The molecule has 0 aliphatic heterocycles. The van der Waals surface area contributed by atoms with Crippen LogP contribution in [0.4, 0.5) is 0 Å². The molecule has 0 amide bonds. The number of benzene rings is 1. The molecule has 112 valence electrons. The molecule has 0 radical (unpaired) electrons. The summed E-state index contributed by atoms with van der Waals surface area (Å²) in [4.78, 5) is 0. The van der Waals surface area contributed by atoms with Crippen molar-refractivity contribution in [3.63, 3.8) is 0 Å². The Morgan fingerprint density at radius 1 is 1.05 bits per heavy atom. The maximum Gasteiger partial charge on any atom is 0.166 e. The Labute approximate surface area is 129 Å². The minimum absolute atomic E-state index is 0.290. The minimum Gasteiger partial charge on any atom is -0.363 e. The molecule has 0 heterocycles. The molecule has 0 bridgehead atoms. The molecule has 1 aromatic rings. The van der Waals surface area contributed by atoms with Crippen LogP contribution >= 0.6 is 12.2 Å². The van der Waals surface area contributed by atoms with Gasteiger partial charge in [0.2, 0.25) is 0 Å². The van der Waals surface area contributed by atoms with Crippen molar-refractivity contribution in [1.29, 1.82) is 0 Å². The van der Waals surface area contributed by atoms with Crippen molar-refractivity contribution >= 4 is 17.3 Å². The predicted molar refractivity (Wildman–Crippen MR) is 92.2 cm³/mol. The molecule has 0 fully saturated rings. The molecular formula is C17H28N2S. The first-order valence-corrected chi connectivity index (χ1v) is 8.17. The fourth-order valence-corrected chi connectivity index (χ4v) is 2.41. The first-order valence-electron chi connectivity index (χ1n) is 7.76. The Morgan fingerprint density at radius 2 is 1.65 bits per heavy atom. The SMILES string of the molecule is CCCNC(=S)NC(CC)c1ccc(C(C)CC)cc1. The van der Waals surface area contributed by atoms with Crippen LogP contribution in [0.3, 0.4) is 0 Å². The van der Waals surface area contributed by atoms with Gasteiger partial charge < -0.3 is 10.6 Å². The van der Waals surface area contributed by atoms with Crippen LogP contribution in [-0.4, -0.2) is 11.7 Å². The summed E-state index contributed by atoms with van der Waals surface area (Å²) in [5.41, 5.74) is 2.72. The Kier molecular flexibility index (Phi) is 7.60. The van der Waals surface area contributed by atoms with Gasteiger partial charge in [0.25, 0.3) is 0 Å². The minimum atomic E-state index is 0.290. The molecular weight excluding hydrogens is 264 g/mol. The van der Waals surface area contributed by atoms with Gasteiger partial charge in [-0.3, -0.25) is 0 Å². The van der Waals surface area contributed by atoms with Gasteiger partial charge in [0.1, 0.15) is 0 Å². The van der Waals surface area contributed by atoms with Gasteiger partial charge >= 0.3 is 0 Å². The van der Waals surface area contributed by atoms with E-state index in [0.717, 1.165) is 24.5 Å². The van der Waals surface area contributed by atoms with Crippen LogP contribution in [0.1, 0.15) is 70.0 Å². The van der Waals surface area contributed by atoms with Crippen molar-refractivity contribution in [2.24, 2.45) is 0 Å². The van der Waals surface area contributed by atoms with Crippen molar-refractivity contribution < 1.29 is 0 Å². The zero-order valence-electron chi connectivity index (χ0n) is 13.2. The third-order valence-electron chi connectivity index (χ3n) is 3.77. The number of thiocarbonyl (C=S) groups is 1. The van der Waals surface area contributed by atoms with Crippen LogP contribution < -0.4 is 10.6 Å². The summed E-state index contributed by atoms with van der Waals surface area (Å²) in [6.07, 6.45) is 3.29. The average molecular weight is 292 g/mol. The predicted octanol–water partition coefficient (Wildman–Crippen LogP) is 4.53. The molecule has 2 N–H and O–H groups in total. The normalized spacial score (nSPS) is 13.6. The smallest absolute Gasteiger partial charge is 0.166 e. The summed E-state index contributed by atoms with van der Waals surface area (Å²) >= 11 is 5.33. The number of hydrogen-bond acceptors (Lipinski definition) is 1. The molecule has 0 spiro atoms. The second-order valence-electron chi connectivity index (χ2n) is 5.34. The van der Waals surface area contributed by atoms with Crippen LogP contribution in [0.5, 0.6) is 0 Å². The van der Waals surface area contributed by atoms with Crippen molar-refractivity contribution in [2.45, 2.75) is 58.9 Å². The molecule has 0 aliphatic carbocycles. The maximum absolute atomic E-state index is 5.33. The molecule has 0 saturated carbocycles. The largest absolute Gasteiger partial charge is 0.363 e. The lowest BCUT2D eigenvalue weighted by Crippen LogP contribution is -2.37. The van der Waals surface area contributed by atoms with E-state index in [1.54, 1.807) is 0 Å². The van der Waals surface area contributed by atoms with Crippen LogP contribution in [0, 0.1) is 0 Å². The average Bonchev–Trinajstić information content (AvgIpc) is 2.50. The lowest BCUT2D eigenvalue weighted by Gasteiger charge is -2.20. The summed E-state index contributed by atoms with van der Waals surface area (Å²) in [6.45, 7) is 9.75. The van der Waals surface area contributed by atoms with E-state index in [-0.39, 0.29) is 6.04 Å². The first-order chi connectivity index (χ1) is 9.62. The van der Waals surface area contributed by atoms with E-state index in [9.17, 15) is 0 Å². The summed E-state index contributed by atoms with van der Waals surface area (Å²) < 4.78 is 0. The molecule has 1 rings (SSSR count). The second-order valence-corrected chi connectivity index (χ2v) is 5.75. The zero-order valence-corrected chi connectivity index (χ0v) is 14.0. The maximum atomic E-state index is 5.33. The molecule has 20 heavy (non-hydrogen) atoms. The van der Waals surface area contributed by atoms with E-state index in [1.807, 2.05) is 0 Å². The summed E-state index contributed by atoms with van der Waals surface area (Å²) in [5.74, 6) is 0.629. The molecule has 2 atom stereocenters.